The van der Waals surface area contributed by atoms with E-state index < -0.39 is 0 Å². The van der Waals surface area contributed by atoms with Crippen molar-refractivity contribution >= 4 is 0 Å². The summed E-state index contributed by atoms with van der Waals surface area (Å²) >= 11 is 0. The molecule has 2 heterocycles. The van der Waals surface area contributed by atoms with Gasteiger partial charge >= 0.3 is 0 Å². The van der Waals surface area contributed by atoms with Gasteiger partial charge in [-0.15, -0.1) is 0 Å². The average molecular weight is 285 g/mol. The number of hydrogen-bond donors (Lipinski definition) is 1. The molecule has 0 radical (unpaired) electrons. The van der Waals surface area contributed by atoms with E-state index in [-0.39, 0.29) is 11.5 Å². The van der Waals surface area contributed by atoms with E-state index in [2.05, 4.69) is 17.4 Å². The van der Waals surface area contributed by atoms with Crippen molar-refractivity contribution in [2.45, 2.75) is 24.3 Å². The second kappa shape index (κ2) is 4.53. The van der Waals surface area contributed by atoms with Crippen molar-refractivity contribution in [3.63, 3.8) is 0 Å². The summed E-state index contributed by atoms with van der Waals surface area (Å²) in [6.07, 6.45) is 4.18. The summed E-state index contributed by atoms with van der Waals surface area (Å²) in [7, 11) is 3.37. The zero-order valence-electron chi connectivity index (χ0n) is 12.3. The van der Waals surface area contributed by atoms with E-state index in [0.29, 0.717) is 0 Å². The first-order chi connectivity index (χ1) is 10.3. The van der Waals surface area contributed by atoms with Gasteiger partial charge in [0.25, 0.3) is 0 Å². The van der Waals surface area contributed by atoms with Gasteiger partial charge in [0.2, 0.25) is 0 Å². The van der Waals surface area contributed by atoms with Crippen LogP contribution < -0.4 is 14.8 Å². The fraction of sp³-hybridized carbons (Fsp3) is 0.412. The van der Waals surface area contributed by atoms with E-state index in [1.165, 1.54) is 24.0 Å². The van der Waals surface area contributed by atoms with Crippen LogP contribution in [0.4, 0.5) is 0 Å². The fourth-order valence-electron chi connectivity index (χ4n) is 3.40. The minimum absolute atomic E-state index is 0.0843. The SMILES string of the molecule is COc1cc2c(cc1OC)C1(CC1)CNC2c1ccco1. The highest BCUT2D eigenvalue weighted by molar-refractivity contribution is 5.55. The summed E-state index contributed by atoms with van der Waals surface area (Å²) < 4.78 is 16.6. The highest BCUT2D eigenvalue weighted by atomic mass is 16.5. The Kier molecular flexibility index (Phi) is 2.76. The summed E-state index contributed by atoms with van der Waals surface area (Å²) in [5, 5.41) is 3.63. The summed E-state index contributed by atoms with van der Waals surface area (Å²) in [6.45, 7) is 0.987. The van der Waals surface area contributed by atoms with E-state index in [0.717, 1.165) is 23.8 Å². The van der Waals surface area contributed by atoms with E-state index in [9.17, 15) is 0 Å². The summed E-state index contributed by atoms with van der Waals surface area (Å²) in [6, 6.07) is 8.27. The molecule has 1 aromatic carbocycles. The van der Waals surface area contributed by atoms with Crippen LogP contribution in [0.15, 0.2) is 34.9 Å². The summed E-state index contributed by atoms with van der Waals surface area (Å²) in [5.74, 6) is 2.52. The van der Waals surface area contributed by atoms with Gasteiger partial charge < -0.3 is 19.2 Å². The Labute approximate surface area is 124 Å². The van der Waals surface area contributed by atoms with Gasteiger partial charge in [-0.2, -0.15) is 0 Å². The molecule has 1 N–H and O–H groups in total. The van der Waals surface area contributed by atoms with Gasteiger partial charge in [0.05, 0.1) is 26.5 Å². The normalized spacial score (nSPS) is 21.9. The second-order valence-electron chi connectivity index (χ2n) is 5.90. The van der Waals surface area contributed by atoms with E-state index in [1.54, 1.807) is 20.5 Å². The summed E-state index contributed by atoms with van der Waals surface area (Å²) in [5.41, 5.74) is 2.89. The third kappa shape index (κ3) is 1.86. The molecular weight excluding hydrogens is 266 g/mol. The minimum atomic E-state index is 0.0843. The molecule has 1 unspecified atom stereocenters. The number of rotatable bonds is 3. The van der Waals surface area contributed by atoms with Gasteiger partial charge in [0, 0.05) is 12.0 Å². The van der Waals surface area contributed by atoms with Gasteiger partial charge in [-0.1, -0.05) is 0 Å². The molecule has 0 bridgehead atoms. The molecule has 1 aliphatic carbocycles. The minimum Gasteiger partial charge on any atom is -0.493 e. The molecule has 1 aliphatic heterocycles. The second-order valence-corrected chi connectivity index (χ2v) is 5.90. The number of methoxy groups -OCH3 is 2. The maximum atomic E-state index is 5.61. The van der Waals surface area contributed by atoms with Crippen LogP contribution in [0, 0.1) is 0 Å². The molecule has 1 fully saturated rings. The van der Waals surface area contributed by atoms with Crippen molar-refractivity contribution in [3.8, 4) is 11.5 Å². The number of ether oxygens (including phenoxy) is 2. The lowest BCUT2D eigenvalue weighted by Crippen LogP contribution is -2.37. The van der Waals surface area contributed by atoms with Gasteiger partial charge in [-0.05, 0) is 48.2 Å². The van der Waals surface area contributed by atoms with Crippen LogP contribution in [0.25, 0.3) is 0 Å². The molecule has 4 heteroatoms. The third-order valence-electron chi connectivity index (χ3n) is 4.76. The molecule has 1 atom stereocenters. The molecule has 2 aliphatic rings. The molecule has 1 spiro atoms. The Morgan fingerprint density at radius 2 is 1.95 bits per heavy atom. The smallest absolute Gasteiger partial charge is 0.161 e. The molecule has 110 valence electrons. The lowest BCUT2D eigenvalue weighted by atomic mass is 9.83. The molecule has 4 nitrogen and oxygen atoms in total. The zero-order chi connectivity index (χ0) is 14.4. The lowest BCUT2D eigenvalue weighted by molar-refractivity contribution is 0.349. The van der Waals surface area contributed by atoms with Crippen LogP contribution in [0.2, 0.25) is 0 Å². The highest BCUT2D eigenvalue weighted by Crippen LogP contribution is 2.54. The van der Waals surface area contributed by atoms with Crippen LogP contribution in [-0.2, 0) is 5.41 Å². The zero-order valence-corrected chi connectivity index (χ0v) is 12.3. The number of benzene rings is 1. The molecule has 1 saturated carbocycles. The molecule has 21 heavy (non-hydrogen) atoms. The monoisotopic (exact) mass is 285 g/mol. The van der Waals surface area contributed by atoms with Crippen LogP contribution >= 0.6 is 0 Å². The predicted molar refractivity (Wildman–Crippen MR) is 79.0 cm³/mol. The largest absolute Gasteiger partial charge is 0.493 e. The highest BCUT2D eigenvalue weighted by Gasteiger charge is 2.49. The maximum Gasteiger partial charge on any atom is 0.161 e. The Bertz CT molecular complexity index is 659. The Hall–Kier alpha value is -1.94. The van der Waals surface area contributed by atoms with Gasteiger partial charge in [0.15, 0.2) is 11.5 Å². The topological polar surface area (TPSA) is 43.6 Å². The fourth-order valence-corrected chi connectivity index (χ4v) is 3.40. The standard InChI is InChI=1S/C17H19NO3/c1-19-14-8-11-12(9-15(14)20-2)17(5-6-17)10-18-16(11)13-4-3-7-21-13/h3-4,7-9,16,18H,5-6,10H2,1-2H3. The van der Waals surface area contributed by atoms with Crippen LogP contribution in [0.5, 0.6) is 11.5 Å². The van der Waals surface area contributed by atoms with Crippen molar-refractivity contribution in [1.82, 2.24) is 5.32 Å². The Morgan fingerprint density at radius 3 is 2.57 bits per heavy atom. The quantitative estimate of drug-likeness (QED) is 0.941. The van der Waals surface area contributed by atoms with Gasteiger partial charge in [0.1, 0.15) is 5.76 Å². The summed E-state index contributed by atoms with van der Waals surface area (Å²) in [4.78, 5) is 0. The lowest BCUT2D eigenvalue weighted by Gasteiger charge is -2.33. The van der Waals surface area contributed by atoms with Gasteiger partial charge in [-0.3, -0.25) is 0 Å². The van der Waals surface area contributed by atoms with E-state index in [1.807, 2.05) is 12.1 Å². The molecular formula is C17H19NO3. The van der Waals surface area contributed by atoms with Gasteiger partial charge in [-0.25, -0.2) is 0 Å². The van der Waals surface area contributed by atoms with Crippen LogP contribution in [0.3, 0.4) is 0 Å². The maximum absolute atomic E-state index is 5.61. The molecule has 1 aromatic heterocycles. The first-order valence-corrected chi connectivity index (χ1v) is 7.30. The number of hydrogen-bond acceptors (Lipinski definition) is 4. The number of fused-ring (bicyclic) bond motifs is 2. The molecule has 2 aromatic rings. The van der Waals surface area contributed by atoms with Crippen molar-refractivity contribution < 1.29 is 13.9 Å². The number of nitrogens with one attached hydrogen (secondary N) is 1. The molecule has 0 saturated heterocycles. The number of furan rings is 1. The molecule has 4 rings (SSSR count). The average Bonchev–Trinajstić information content (AvgIpc) is 3.09. The van der Waals surface area contributed by atoms with Crippen LogP contribution in [0.1, 0.15) is 35.8 Å². The van der Waals surface area contributed by atoms with Crippen molar-refractivity contribution in [1.29, 1.82) is 0 Å². The first kappa shape index (κ1) is 12.8. The van der Waals surface area contributed by atoms with E-state index >= 15 is 0 Å². The van der Waals surface area contributed by atoms with Crippen molar-refractivity contribution in [2.24, 2.45) is 0 Å². The van der Waals surface area contributed by atoms with Crippen molar-refractivity contribution in [3.05, 3.63) is 47.4 Å². The molecule has 0 amide bonds. The van der Waals surface area contributed by atoms with Crippen molar-refractivity contribution in [2.75, 3.05) is 20.8 Å². The first-order valence-electron chi connectivity index (χ1n) is 7.30. The Balaban J connectivity index is 1.88. The van der Waals surface area contributed by atoms with Crippen LogP contribution in [-0.4, -0.2) is 20.8 Å². The third-order valence-corrected chi connectivity index (χ3v) is 4.76. The predicted octanol–water partition coefficient (Wildman–Crippen LogP) is 3.02. The Morgan fingerprint density at radius 1 is 1.19 bits per heavy atom. The van der Waals surface area contributed by atoms with E-state index in [4.69, 9.17) is 13.9 Å².